The third-order valence-electron chi connectivity index (χ3n) is 4.92. The summed E-state index contributed by atoms with van der Waals surface area (Å²) in [6.07, 6.45) is -1.29. The number of hydrogen-bond donors (Lipinski definition) is 8. The molecular formula is C19H32N4O10. The number of aliphatic hydroxyl groups is 1. The van der Waals surface area contributed by atoms with Gasteiger partial charge < -0.3 is 42.1 Å². The number of rotatable bonds is 16. The summed E-state index contributed by atoms with van der Waals surface area (Å²) in [5.74, 6) is -7.12. The first kappa shape index (κ1) is 29.7. The minimum atomic E-state index is -1.70. The number of carbonyl (C=O) groups is 6. The van der Waals surface area contributed by atoms with E-state index in [0.717, 1.165) is 0 Å². The van der Waals surface area contributed by atoms with Gasteiger partial charge in [0.2, 0.25) is 17.7 Å². The van der Waals surface area contributed by atoms with Crippen LogP contribution in [-0.4, -0.2) is 86.8 Å². The first-order valence-electron chi connectivity index (χ1n) is 10.3. The van der Waals surface area contributed by atoms with E-state index in [1.807, 2.05) is 5.32 Å². The van der Waals surface area contributed by atoms with Crippen LogP contribution in [0.3, 0.4) is 0 Å². The summed E-state index contributed by atoms with van der Waals surface area (Å²) in [6, 6.07) is -5.62. The normalized spacial score (nSPS) is 15.3. The van der Waals surface area contributed by atoms with E-state index >= 15 is 0 Å². The van der Waals surface area contributed by atoms with Gasteiger partial charge in [0, 0.05) is 12.8 Å². The van der Waals surface area contributed by atoms with Crippen LogP contribution < -0.4 is 21.7 Å². The summed E-state index contributed by atoms with van der Waals surface area (Å²) < 4.78 is 0. The van der Waals surface area contributed by atoms with E-state index in [-0.39, 0.29) is 12.3 Å². The second-order valence-electron chi connectivity index (χ2n) is 7.48. The lowest BCUT2D eigenvalue weighted by Gasteiger charge is -2.25. The molecule has 0 aromatic rings. The summed E-state index contributed by atoms with van der Waals surface area (Å²) in [6.45, 7) is 2.56. The summed E-state index contributed by atoms with van der Waals surface area (Å²) in [4.78, 5) is 70.4. The summed E-state index contributed by atoms with van der Waals surface area (Å²) in [5.41, 5.74) is 5.84. The minimum Gasteiger partial charge on any atom is -0.481 e. The SMILES string of the molecule is CCC(C)C(N)C(=O)NC(CCC(=O)O)C(=O)NC(CCC(=O)O)C(=O)NC(CO)C(=O)O. The Morgan fingerprint density at radius 3 is 1.48 bits per heavy atom. The number of aliphatic carboxylic acids is 3. The highest BCUT2D eigenvalue weighted by Crippen LogP contribution is 2.08. The van der Waals surface area contributed by atoms with Crippen molar-refractivity contribution in [3.63, 3.8) is 0 Å². The molecule has 0 heterocycles. The summed E-state index contributed by atoms with van der Waals surface area (Å²) in [7, 11) is 0. The van der Waals surface area contributed by atoms with Crippen LogP contribution in [0.2, 0.25) is 0 Å². The number of aliphatic hydroxyl groups excluding tert-OH is 1. The van der Waals surface area contributed by atoms with Gasteiger partial charge in [-0.15, -0.1) is 0 Å². The molecule has 14 nitrogen and oxygen atoms in total. The minimum absolute atomic E-state index is 0.242. The standard InChI is InChI=1S/C19H32N4O10/c1-3-9(2)15(20)18(31)22-11(5-7-14(27)28)16(29)21-10(4-6-13(25)26)17(30)23-12(8-24)19(32)33/h9-12,15,24H,3-8,20H2,1-2H3,(H,21,29)(H,22,31)(H,23,30)(H,25,26)(H,27,28)(H,32,33). The Balaban J connectivity index is 5.58. The quantitative estimate of drug-likeness (QED) is 0.117. The molecule has 0 spiro atoms. The van der Waals surface area contributed by atoms with Crippen molar-refractivity contribution in [1.29, 1.82) is 0 Å². The van der Waals surface area contributed by atoms with Crippen LogP contribution in [0.15, 0.2) is 0 Å². The zero-order chi connectivity index (χ0) is 25.7. The Hall–Kier alpha value is -3.26. The van der Waals surface area contributed by atoms with Crippen molar-refractivity contribution in [2.45, 2.75) is 70.1 Å². The molecule has 0 fully saturated rings. The summed E-state index contributed by atoms with van der Waals surface area (Å²) in [5, 5.41) is 42.4. The Morgan fingerprint density at radius 2 is 1.15 bits per heavy atom. The Kier molecular flexibility index (Phi) is 13.3. The lowest BCUT2D eigenvalue weighted by atomic mass is 9.98. The second kappa shape index (κ2) is 14.7. The fraction of sp³-hybridized carbons (Fsp3) is 0.684. The van der Waals surface area contributed by atoms with Crippen LogP contribution in [0, 0.1) is 5.92 Å². The maximum Gasteiger partial charge on any atom is 0.328 e. The second-order valence-corrected chi connectivity index (χ2v) is 7.48. The lowest BCUT2D eigenvalue weighted by Crippen LogP contribution is -2.58. The van der Waals surface area contributed by atoms with Crippen molar-refractivity contribution in [1.82, 2.24) is 16.0 Å². The van der Waals surface area contributed by atoms with E-state index in [4.69, 9.17) is 26.2 Å². The Morgan fingerprint density at radius 1 is 0.758 bits per heavy atom. The number of carbonyl (C=O) groups excluding carboxylic acids is 3. The van der Waals surface area contributed by atoms with Gasteiger partial charge in [-0.2, -0.15) is 0 Å². The lowest BCUT2D eigenvalue weighted by molar-refractivity contribution is -0.144. The number of carboxylic acids is 3. The number of carboxylic acid groups (broad SMARTS) is 3. The monoisotopic (exact) mass is 476 g/mol. The fourth-order valence-electron chi connectivity index (χ4n) is 2.58. The van der Waals surface area contributed by atoms with Crippen molar-refractivity contribution in [3.8, 4) is 0 Å². The van der Waals surface area contributed by atoms with Gasteiger partial charge in [0.05, 0.1) is 12.6 Å². The predicted octanol–water partition coefficient (Wildman–Crippen LogP) is -2.38. The molecule has 5 unspecified atom stereocenters. The third kappa shape index (κ3) is 11.2. The van der Waals surface area contributed by atoms with Gasteiger partial charge in [-0.25, -0.2) is 4.79 Å². The molecule has 9 N–H and O–H groups in total. The van der Waals surface area contributed by atoms with Gasteiger partial charge in [-0.1, -0.05) is 20.3 Å². The number of amides is 3. The first-order chi connectivity index (χ1) is 15.3. The van der Waals surface area contributed by atoms with Gasteiger partial charge in [-0.3, -0.25) is 24.0 Å². The molecule has 0 aromatic heterocycles. The zero-order valence-corrected chi connectivity index (χ0v) is 18.4. The molecule has 5 atom stereocenters. The molecule has 3 amide bonds. The highest BCUT2D eigenvalue weighted by Gasteiger charge is 2.31. The van der Waals surface area contributed by atoms with E-state index in [1.165, 1.54) is 0 Å². The Labute approximate surface area is 189 Å². The van der Waals surface area contributed by atoms with E-state index in [0.29, 0.717) is 6.42 Å². The number of nitrogens with two attached hydrogens (primary N) is 1. The van der Waals surface area contributed by atoms with Gasteiger partial charge in [-0.05, 0) is 18.8 Å². The highest BCUT2D eigenvalue weighted by atomic mass is 16.4. The van der Waals surface area contributed by atoms with Crippen LogP contribution in [0.5, 0.6) is 0 Å². The third-order valence-corrected chi connectivity index (χ3v) is 4.92. The molecule has 188 valence electrons. The van der Waals surface area contributed by atoms with E-state index in [1.54, 1.807) is 13.8 Å². The number of hydrogen-bond acceptors (Lipinski definition) is 8. The van der Waals surface area contributed by atoms with Crippen LogP contribution in [0.1, 0.15) is 46.0 Å². The van der Waals surface area contributed by atoms with Crippen molar-refractivity contribution < 1.29 is 49.2 Å². The van der Waals surface area contributed by atoms with E-state index in [2.05, 4.69) is 10.6 Å². The van der Waals surface area contributed by atoms with Crippen LogP contribution >= 0.6 is 0 Å². The molecule has 0 aliphatic rings. The van der Waals surface area contributed by atoms with Crippen molar-refractivity contribution in [3.05, 3.63) is 0 Å². The average Bonchev–Trinajstić information content (AvgIpc) is 2.75. The van der Waals surface area contributed by atoms with E-state index in [9.17, 15) is 28.8 Å². The first-order valence-corrected chi connectivity index (χ1v) is 10.3. The van der Waals surface area contributed by atoms with Crippen LogP contribution in [-0.2, 0) is 28.8 Å². The fourth-order valence-corrected chi connectivity index (χ4v) is 2.58. The van der Waals surface area contributed by atoms with Crippen LogP contribution in [0.25, 0.3) is 0 Å². The molecule has 33 heavy (non-hydrogen) atoms. The molecule has 0 saturated carbocycles. The maximum atomic E-state index is 12.7. The average molecular weight is 476 g/mol. The molecule has 0 aromatic carbocycles. The molecule has 0 aliphatic heterocycles. The largest absolute Gasteiger partial charge is 0.481 e. The highest BCUT2D eigenvalue weighted by molar-refractivity contribution is 5.94. The molecule has 0 saturated heterocycles. The van der Waals surface area contributed by atoms with Gasteiger partial charge >= 0.3 is 17.9 Å². The predicted molar refractivity (Wildman–Crippen MR) is 112 cm³/mol. The Bertz CT molecular complexity index is 729. The molecule has 0 rings (SSSR count). The van der Waals surface area contributed by atoms with Gasteiger partial charge in [0.25, 0.3) is 0 Å². The molecular weight excluding hydrogens is 444 g/mol. The van der Waals surface area contributed by atoms with Gasteiger partial charge in [0.15, 0.2) is 0 Å². The molecule has 0 radical (unpaired) electrons. The van der Waals surface area contributed by atoms with E-state index < -0.39 is 85.7 Å². The molecule has 0 aliphatic carbocycles. The van der Waals surface area contributed by atoms with Crippen molar-refractivity contribution in [2.75, 3.05) is 6.61 Å². The zero-order valence-electron chi connectivity index (χ0n) is 18.4. The van der Waals surface area contributed by atoms with Crippen molar-refractivity contribution >= 4 is 35.6 Å². The number of nitrogens with one attached hydrogen (secondary N) is 3. The smallest absolute Gasteiger partial charge is 0.328 e. The maximum absolute atomic E-state index is 12.7. The summed E-state index contributed by atoms with van der Waals surface area (Å²) >= 11 is 0. The van der Waals surface area contributed by atoms with Crippen LogP contribution in [0.4, 0.5) is 0 Å². The topological polar surface area (TPSA) is 245 Å². The van der Waals surface area contributed by atoms with Gasteiger partial charge in [0.1, 0.15) is 18.1 Å². The van der Waals surface area contributed by atoms with Crippen molar-refractivity contribution in [2.24, 2.45) is 11.7 Å². The molecule has 0 bridgehead atoms. The molecule has 14 heteroatoms.